The number of hydrogen-bond acceptors (Lipinski definition) is 6. The lowest BCUT2D eigenvalue weighted by atomic mass is 10.0. The van der Waals surface area contributed by atoms with Crippen LogP contribution in [0, 0.1) is 5.82 Å². The summed E-state index contributed by atoms with van der Waals surface area (Å²) in [6.07, 6.45) is -6.63. The molecule has 3 heterocycles. The van der Waals surface area contributed by atoms with E-state index < -0.39 is 48.8 Å². The van der Waals surface area contributed by atoms with Gasteiger partial charge >= 0.3 is 0 Å². The summed E-state index contributed by atoms with van der Waals surface area (Å²) >= 11 is 0. The number of piperidine rings is 1. The van der Waals surface area contributed by atoms with Crippen molar-refractivity contribution in [3.63, 3.8) is 0 Å². The predicted molar refractivity (Wildman–Crippen MR) is 119 cm³/mol. The normalized spacial score (nSPS) is 28.2. The molecule has 9 heteroatoms. The van der Waals surface area contributed by atoms with Crippen LogP contribution < -0.4 is 10.1 Å². The van der Waals surface area contributed by atoms with Gasteiger partial charge in [0.05, 0.1) is 21.1 Å². The molecule has 2 saturated heterocycles. The van der Waals surface area contributed by atoms with E-state index in [-0.39, 0.29) is 29.0 Å². The summed E-state index contributed by atoms with van der Waals surface area (Å²) in [4.78, 5) is 40.7. The van der Waals surface area contributed by atoms with Gasteiger partial charge in [0.25, 0.3) is 5.91 Å². The van der Waals surface area contributed by atoms with Crippen LogP contribution in [0.15, 0.2) is 36.4 Å². The van der Waals surface area contributed by atoms with Crippen molar-refractivity contribution in [2.45, 2.75) is 38.5 Å². The van der Waals surface area contributed by atoms with Gasteiger partial charge in [0.15, 0.2) is 0 Å². The van der Waals surface area contributed by atoms with Crippen molar-refractivity contribution in [1.82, 2.24) is 15.1 Å². The van der Waals surface area contributed by atoms with E-state index in [1.807, 2.05) is 0 Å². The zero-order valence-corrected chi connectivity index (χ0v) is 18.2. The average molecular weight is 473 g/mol. The minimum absolute atomic E-state index is 0.0292. The molecule has 0 unspecified atom stereocenters. The summed E-state index contributed by atoms with van der Waals surface area (Å²) < 4.78 is 66.9. The van der Waals surface area contributed by atoms with Gasteiger partial charge < -0.3 is 14.4 Å². The maximum Gasteiger partial charge on any atom is 0.255 e. The third kappa shape index (κ3) is 4.53. The van der Waals surface area contributed by atoms with Crippen molar-refractivity contribution in [3.05, 3.63) is 64.5 Å². The van der Waals surface area contributed by atoms with Gasteiger partial charge in [-0.15, -0.1) is 0 Å². The predicted octanol–water partition coefficient (Wildman–Crippen LogP) is 2.00. The van der Waals surface area contributed by atoms with Crippen LogP contribution in [0.1, 0.15) is 46.6 Å². The van der Waals surface area contributed by atoms with Crippen molar-refractivity contribution in [2.75, 3.05) is 26.3 Å². The zero-order chi connectivity index (χ0) is 28.2. The molecule has 1 N–H and O–H groups in total. The van der Waals surface area contributed by atoms with Gasteiger partial charge in [-0.3, -0.25) is 24.6 Å². The van der Waals surface area contributed by atoms with E-state index in [2.05, 4.69) is 4.90 Å². The molecule has 0 saturated carbocycles. The molecule has 0 aromatic heterocycles. The lowest BCUT2D eigenvalue weighted by molar-refractivity contribution is -0.136. The van der Waals surface area contributed by atoms with Crippen LogP contribution in [0.3, 0.4) is 0 Å². The van der Waals surface area contributed by atoms with Gasteiger partial charge in [0, 0.05) is 48.2 Å². The van der Waals surface area contributed by atoms with Crippen molar-refractivity contribution < 1.29 is 35.1 Å². The van der Waals surface area contributed by atoms with Crippen LogP contribution in [0.2, 0.25) is 0 Å². The lowest BCUT2D eigenvalue weighted by Gasteiger charge is -2.29. The minimum Gasteiger partial charge on any atom is -0.488 e. The number of nitrogens with one attached hydrogen (secondary N) is 1. The van der Waals surface area contributed by atoms with Crippen LogP contribution in [-0.2, 0) is 34.0 Å². The fraction of sp³-hybridized carbons (Fsp3) is 0.400. The van der Waals surface area contributed by atoms with Gasteiger partial charge in [-0.2, -0.15) is 0 Å². The number of fused-ring (bicyclic) bond motifs is 1. The van der Waals surface area contributed by atoms with Crippen molar-refractivity contribution in [2.24, 2.45) is 0 Å². The summed E-state index contributed by atoms with van der Waals surface area (Å²) in [6.45, 7) is 2.76. The number of nitrogens with zero attached hydrogens (tertiary/aromatic N) is 2. The van der Waals surface area contributed by atoms with Gasteiger partial charge in [-0.05, 0) is 30.1 Å². The summed E-state index contributed by atoms with van der Waals surface area (Å²) in [6, 6.07) is 6.20. The SMILES string of the molecule is [2H]C1([2H])C(=O)NC(=O)[C@@]([2H])(N2Cc3c(OCc4ccc(CN5CCOCC5)cc4F)cccc3C2=O)C1([2H])[2H]. The Morgan fingerprint density at radius 3 is 2.82 bits per heavy atom. The van der Waals surface area contributed by atoms with Crippen molar-refractivity contribution in [1.29, 1.82) is 0 Å². The smallest absolute Gasteiger partial charge is 0.255 e. The Morgan fingerprint density at radius 1 is 1.21 bits per heavy atom. The minimum atomic E-state index is -3.37. The van der Waals surface area contributed by atoms with Gasteiger partial charge in [0.2, 0.25) is 11.8 Å². The average Bonchev–Trinajstić information content (AvgIpc) is 3.24. The summed E-state index contributed by atoms with van der Waals surface area (Å²) in [5.74, 6) is -4.16. The van der Waals surface area contributed by atoms with Gasteiger partial charge in [-0.1, -0.05) is 18.2 Å². The molecule has 2 aromatic carbocycles. The van der Waals surface area contributed by atoms with Crippen LogP contribution >= 0.6 is 0 Å². The topological polar surface area (TPSA) is 88.2 Å². The van der Waals surface area contributed by atoms with E-state index in [0.717, 1.165) is 18.7 Å². The summed E-state index contributed by atoms with van der Waals surface area (Å²) in [5, 5.41) is 1.68. The van der Waals surface area contributed by atoms with Crippen LogP contribution in [0.4, 0.5) is 4.39 Å². The van der Waals surface area contributed by atoms with Crippen LogP contribution in [0.5, 0.6) is 5.75 Å². The van der Waals surface area contributed by atoms with Crippen molar-refractivity contribution in [3.8, 4) is 5.75 Å². The molecule has 2 aromatic rings. The number of rotatable bonds is 6. The van der Waals surface area contributed by atoms with Gasteiger partial charge in [0.1, 0.15) is 24.2 Å². The van der Waals surface area contributed by atoms with E-state index in [1.54, 1.807) is 17.4 Å². The van der Waals surface area contributed by atoms with Crippen LogP contribution in [0.25, 0.3) is 0 Å². The number of halogens is 1. The number of amides is 3. The molecule has 1 atom stereocenters. The second-order valence-corrected chi connectivity index (χ2v) is 8.16. The first-order chi connectivity index (χ1) is 18.4. The molecule has 3 amide bonds. The quantitative estimate of drug-likeness (QED) is 0.647. The molecule has 5 rings (SSSR count). The van der Waals surface area contributed by atoms with Gasteiger partial charge in [-0.25, -0.2) is 4.39 Å². The highest BCUT2D eigenvalue weighted by molar-refractivity contribution is 6.05. The molecule has 8 nitrogen and oxygen atoms in total. The Balaban J connectivity index is 1.35. The maximum absolute atomic E-state index is 14.9. The number of benzene rings is 2. The number of hydrogen-bond donors (Lipinski definition) is 1. The highest BCUT2D eigenvalue weighted by Gasteiger charge is 2.40. The standard InChI is InChI=1S/C25H26FN3O5/c26-20-12-16(13-28-8-10-33-11-9-28)4-5-17(20)15-34-22-3-1-2-18-19(22)14-29(25(18)32)21-6-7-23(30)27-24(21)31/h1-5,12,21H,6-11,13-15H2,(H,27,30,31)/t21-/m0/s1/i6D2,7D2,21D. The molecule has 2 fully saturated rings. The first-order valence-electron chi connectivity index (χ1n) is 13.4. The third-order valence-electron chi connectivity index (χ3n) is 5.94. The molecular formula is C25H26FN3O5. The highest BCUT2D eigenvalue weighted by atomic mass is 19.1. The fourth-order valence-electron chi connectivity index (χ4n) is 4.16. The van der Waals surface area contributed by atoms with E-state index in [4.69, 9.17) is 16.3 Å². The first kappa shape index (κ1) is 17.2. The number of carbonyl (C=O) groups excluding carboxylic acids is 3. The second-order valence-electron chi connectivity index (χ2n) is 8.16. The Morgan fingerprint density at radius 2 is 2.03 bits per heavy atom. The number of carbonyl (C=O) groups is 3. The second kappa shape index (κ2) is 9.52. The fourth-order valence-corrected chi connectivity index (χ4v) is 4.16. The van der Waals surface area contributed by atoms with E-state index >= 15 is 0 Å². The monoisotopic (exact) mass is 472 g/mol. The Hall–Kier alpha value is -3.30. The molecule has 0 spiro atoms. The molecule has 0 aliphatic carbocycles. The molecule has 0 radical (unpaired) electrons. The Bertz CT molecular complexity index is 1350. The number of morpholine rings is 1. The van der Waals surface area contributed by atoms with E-state index in [9.17, 15) is 18.8 Å². The summed E-state index contributed by atoms with van der Waals surface area (Å²) in [7, 11) is 0. The zero-order valence-electron chi connectivity index (χ0n) is 23.2. The number of ether oxygens (including phenoxy) is 2. The largest absolute Gasteiger partial charge is 0.488 e. The molecule has 178 valence electrons. The highest BCUT2D eigenvalue weighted by Crippen LogP contribution is 2.34. The molecular weight excluding hydrogens is 441 g/mol. The first-order valence-corrected chi connectivity index (χ1v) is 10.9. The Kier molecular flexibility index (Phi) is 4.81. The molecule has 34 heavy (non-hydrogen) atoms. The van der Waals surface area contributed by atoms with E-state index in [0.29, 0.717) is 24.7 Å². The maximum atomic E-state index is 14.9. The van der Waals surface area contributed by atoms with Crippen molar-refractivity contribution >= 4 is 17.7 Å². The molecule has 3 aliphatic rings. The lowest BCUT2D eigenvalue weighted by Crippen LogP contribution is -2.52. The van der Waals surface area contributed by atoms with Crippen LogP contribution in [-0.4, -0.2) is 59.8 Å². The summed E-state index contributed by atoms with van der Waals surface area (Å²) in [5.41, 5.74) is 1.34. The van der Waals surface area contributed by atoms with E-state index in [1.165, 1.54) is 24.3 Å². The third-order valence-corrected chi connectivity index (χ3v) is 5.94. The molecule has 3 aliphatic heterocycles. The molecule has 0 bridgehead atoms. The Labute approximate surface area is 203 Å². The number of imide groups is 1.